The Kier molecular flexibility index (Phi) is 10.1. The van der Waals surface area contributed by atoms with Crippen molar-refractivity contribution in [1.82, 2.24) is 25.3 Å². The molecule has 6 rings (SSSR count). The van der Waals surface area contributed by atoms with E-state index in [9.17, 15) is 34.8 Å². The van der Waals surface area contributed by atoms with Gasteiger partial charge in [0.2, 0.25) is 5.91 Å². The van der Waals surface area contributed by atoms with Gasteiger partial charge < -0.3 is 41.4 Å². The fourth-order valence-corrected chi connectivity index (χ4v) is 7.72. The van der Waals surface area contributed by atoms with E-state index < -0.39 is 29.6 Å². The van der Waals surface area contributed by atoms with Gasteiger partial charge in [0.05, 0.1) is 33.8 Å². The number of nitrogens with one attached hydrogen (secondary N) is 3. The van der Waals surface area contributed by atoms with E-state index in [1.54, 1.807) is 25.1 Å². The lowest BCUT2D eigenvalue weighted by atomic mass is 9.64. The number of nitrogens with zero attached hydrogens (tertiary/aromatic N) is 2. The van der Waals surface area contributed by atoms with E-state index in [1.165, 1.54) is 6.08 Å². The first-order valence-corrected chi connectivity index (χ1v) is 17.5. The molecule has 2 aliphatic heterocycles. The van der Waals surface area contributed by atoms with Crippen LogP contribution in [0.15, 0.2) is 48.6 Å². The van der Waals surface area contributed by atoms with Gasteiger partial charge in [-0.3, -0.25) is 14.6 Å². The number of amides is 1. The number of aliphatic hydroxyl groups is 2. The lowest BCUT2D eigenvalue weighted by Crippen LogP contribution is -2.41. The molecule has 276 valence electrons. The molecule has 2 unspecified atom stereocenters. The Bertz CT molecular complexity index is 2330. The van der Waals surface area contributed by atoms with Crippen LogP contribution >= 0.6 is 0 Å². The van der Waals surface area contributed by atoms with E-state index in [0.717, 1.165) is 38.9 Å². The predicted octanol–water partition coefficient (Wildman–Crippen LogP) is 4.67. The number of carboxylic acids is 2. The van der Waals surface area contributed by atoms with Crippen molar-refractivity contribution in [2.45, 2.75) is 65.1 Å². The highest BCUT2D eigenvalue weighted by atomic mass is 16.5. The van der Waals surface area contributed by atoms with Crippen LogP contribution in [-0.2, 0) is 26.2 Å². The average Bonchev–Trinajstić information content (AvgIpc) is 3.76. The summed E-state index contributed by atoms with van der Waals surface area (Å²) in [5.41, 5.74) is 14.3. The van der Waals surface area contributed by atoms with Gasteiger partial charge in [-0.05, 0) is 98.2 Å². The van der Waals surface area contributed by atoms with Gasteiger partial charge in [0.1, 0.15) is 5.92 Å². The normalized spacial score (nSPS) is 18.1. The minimum atomic E-state index is -1.56. The molecule has 1 amide bonds. The first kappa shape index (κ1) is 37.1. The molecular formula is C40H44N6O7. The van der Waals surface area contributed by atoms with Crippen LogP contribution in [0.2, 0.25) is 0 Å². The Labute approximate surface area is 305 Å². The maximum absolute atomic E-state index is 13.0. The number of carbonyl (C=O) groups is 3. The van der Waals surface area contributed by atoms with Crippen molar-refractivity contribution in [2.75, 3.05) is 13.1 Å². The van der Waals surface area contributed by atoms with Crippen molar-refractivity contribution in [3.63, 3.8) is 0 Å². The van der Waals surface area contributed by atoms with Crippen LogP contribution in [-0.4, -0.2) is 77.6 Å². The number of aryl methyl sites for hydroxylation is 3. The van der Waals surface area contributed by atoms with Crippen molar-refractivity contribution in [2.24, 2.45) is 11.7 Å². The zero-order valence-electron chi connectivity index (χ0n) is 30.1. The number of carbonyl (C=O) groups excluding carboxylic acids is 1. The number of aromatic nitrogens is 4. The number of allylic oxidation sites excluding steroid dienone is 5. The molecule has 53 heavy (non-hydrogen) atoms. The summed E-state index contributed by atoms with van der Waals surface area (Å²) in [6.45, 7) is 12.2. The Morgan fingerprint density at radius 1 is 0.943 bits per heavy atom. The molecule has 13 nitrogen and oxygen atoms in total. The molecule has 3 aliphatic rings. The smallest absolute Gasteiger partial charge is 0.332 e. The zero-order chi connectivity index (χ0) is 38.4. The van der Waals surface area contributed by atoms with E-state index in [-0.39, 0.29) is 30.7 Å². The van der Waals surface area contributed by atoms with Gasteiger partial charge in [-0.25, -0.2) is 9.78 Å². The molecule has 5 heterocycles. The summed E-state index contributed by atoms with van der Waals surface area (Å²) in [4.78, 5) is 55.0. The highest BCUT2D eigenvalue weighted by Crippen LogP contribution is 2.52. The maximum Gasteiger partial charge on any atom is 0.332 e. The minimum Gasteiger partial charge on any atom is -0.481 e. The van der Waals surface area contributed by atoms with E-state index in [1.807, 2.05) is 39.0 Å². The molecule has 9 N–H and O–H groups in total. The summed E-state index contributed by atoms with van der Waals surface area (Å²) < 4.78 is 0. The van der Waals surface area contributed by atoms with Crippen molar-refractivity contribution in [3.05, 3.63) is 93.6 Å². The summed E-state index contributed by atoms with van der Waals surface area (Å²) in [6, 6.07) is 7.40. The number of aromatic amines is 2. The summed E-state index contributed by atoms with van der Waals surface area (Å²) in [5, 5.41) is 43.2. The van der Waals surface area contributed by atoms with Crippen LogP contribution in [0.4, 0.5) is 0 Å². The average molecular weight is 721 g/mol. The minimum absolute atomic E-state index is 0.0462. The third kappa shape index (κ3) is 6.63. The standard InChI is InChI=1S/C40H44N6O7/c1-6-22-19(2)28-16-33-26-10-7-25(38(50)51)37(39(52)53)40(26,5)34(46-33)18-29-21(4)24(9-12-36(48)49)32(45-29)17-31-23(8-11-35(47)42-14-13-41)20(3)27(44-31)15-30(22)43-28/h6-7,10,15-18,36-37,43,45,48-49H,1,8-9,11-14,41H2,2-5H3,(H,42,47)(H,50,51)(H,52,53). The molecule has 0 fully saturated rings. The van der Waals surface area contributed by atoms with E-state index in [4.69, 9.17) is 15.7 Å². The molecule has 0 saturated carbocycles. The number of hydrogen-bond acceptors (Lipinski definition) is 8. The molecule has 0 radical (unpaired) electrons. The third-order valence-electron chi connectivity index (χ3n) is 10.7. The van der Waals surface area contributed by atoms with Gasteiger partial charge in [0.15, 0.2) is 6.29 Å². The molecule has 0 aromatic carbocycles. The number of hydrogen-bond donors (Lipinski definition) is 8. The number of carboxylic acid groups (broad SMARTS) is 2. The Hall–Kier alpha value is -5.63. The van der Waals surface area contributed by atoms with Gasteiger partial charge >= 0.3 is 11.9 Å². The number of fused-ring (bicyclic) bond motifs is 11. The van der Waals surface area contributed by atoms with Crippen LogP contribution in [0.5, 0.6) is 0 Å². The summed E-state index contributed by atoms with van der Waals surface area (Å²) in [7, 11) is 0. The molecule has 8 bridgehead atoms. The third-order valence-corrected chi connectivity index (χ3v) is 10.7. The van der Waals surface area contributed by atoms with Crippen molar-refractivity contribution in [3.8, 4) is 0 Å². The van der Waals surface area contributed by atoms with Gasteiger partial charge in [-0.15, -0.1) is 0 Å². The molecular weight excluding hydrogens is 676 g/mol. The quantitative estimate of drug-likeness (QED) is 0.128. The second-order valence-electron chi connectivity index (χ2n) is 13.8. The first-order chi connectivity index (χ1) is 25.2. The van der Waals surface area contributed by atoms with Crippen molar-refractivity contribution >= 4 is 62.7 Å². The Balaban J connectivity index is 1.72. The number of H-pyrrole nitrogens is 2. The highest BCUT2D eigenvalue weighted by Gasteiger charge is 2.53. The van der Waals surface area contributed by atoms with Gasteiger partial charge in [-0.1, -0.05) is 24.8 Å². The van der Waals surface area contributed by atoms with Crippen molar-refractivity contribution in [1.29, 1.82) is 0 Å². The van der Waals surface area contributed by atoms with Crippen molar-refractivity contribution < 1.29 is 34.8 Å². The lowest BCUT2D eigenvalue weighted by Gasteiger charge is -2.35. The highest BCUT2D eigenvalue weighted by molar-refractivity contribution is 6.01. The Morgan fingerprint density at radius 2 is 1.62 bits per heavy atom. The Morgan fingerprint density at radius 3 is 2.28 bits per heavy atom. The van der Waals surface area contributed by atoms with Crippen LogP contribution < -0.4 is 11.1 Å². The molecule has 13 heteroatoms. The van der Waals surface area contributed by atoms with E-state index in [0.29, 0.717) is 64.4 Å². The number of aliphatic carboxylic acids is 2. The van der Waals surface area contributed by atoms with Gasteiger partial charge in [0.25, 0.3) is 0 Å². The molecule has 1 aliphatic carbocycles. The fourth-order valence-electron chi connectivity index (χ4n) is 7.72. The number of rotatable bonds is 11. The number of nitrogens with two attached hydrogens (primary N) is 1. The van der Waals surface area contributed by atoms with Crippen LogP contribution in [0.3, 0.4) is 0 Å². The lowest BCUT2D eigenvalue weighted by molar-refractivity contribution is -0.145. The first-order valence-electron chi connectivity index (χ1n) is 17.5. The second kappa shape index (κ2) is 14.4. The fraction of sp³-hybridized carbons (Fsp3) is 0.325. The predicted molar refractivity (Wildman–Crippen MR) is 203 cm³/mol. The van der Waals surface area contributed by atoms with Gasteiger partial charge in [-0.2, -0.15) is 0 Å². The molecule has 2 atom stereocenters. The SMILES string of the molecule is C=Cc1c(C)c2cc3nc(cc4[nH]c(cc5nc(cc1[nH]2)C(C)=C5CCC(=O)NCCN)c(CCC(O)O)c4C)C1(C)C3=CC=C(C(=O)O)C1C(=O)O. The van der Waals surface area contributed by atoms with Crippen LogP contribution in [0.1, 0.15) is 78.1 Å². The summed E-state index contributed by atoms with van der Waals surface area (Å²) in [5.74, 6) is -4.22. The largest absolute Gasteiger partial charge is 0.481 e. The molecule has 0 saturated heterocycles. The molecule has 3 aromatic rings. The van der Waals surface area contributed by atoms with E-state index in [2.05, 4.69) is 21.9 Å². The topological polar surface area (TPSA) is 228 Å². The summed E-state index contributed by atoms with van der Waals surface area (Å²) >= 11 is 0. The number of aliphatic hydroxyl groups excluding tert-OH is 1. The summed E-state index contributed by atoms with van der Waals surface area (Å²) in [6.07, 6.45) is 4.11. The molecule has 3 aromatic heterocycles. The van der Waals surface area contributed by atoms with E-state index >= 15 is 0 Å². The maximum atomic E-state index is 13.0. The monoisotopic (exact) mass is 720 g/mol. The van der Waals surface area contributed by atoms with Gasteiger partial charge in [0, 0.05) is 53.6 Å². The second-order valence-corrected chi connectivity index (χ2v) is 13.8. The van der Waals surface area contributed by atoms with Crippen LogP contribution in [0.25, 0.3) is 44.9 Å². The molecule has 0 spiro atoms. The van der Waals surface area contributed by atoms with Crippen LogP contribution in [0, 0.1) is 19.8 Å². The zero-order valence-corrected chi connectivity index (χ0v) is 30.1.